The third kappa shape index (κ3) is 4.99. The van der Waals surface area contributed by atoms with Gasteiger partial charge in [-0.3, -0.25) is 14.6 Å². The predicted octanol–water partition coefficient (Wildman–Crippen LogP) is 6.33. The van der Waals surface area contributed by atoms with Crippen molar-refractivity contribution >= 4 is 28.4 Å². The predicted molar refractivity (Wildman–Crippen MR) is 136 cm³/mol. The first kappa shape index (κ1) is 25.0. The minimum Gasteiger partial charge on any atom is -0.322 e. The minimum atomic E-state index is -4.46. The summed E-state index contributed by atoms with van der Waals surface area (Å²) in [4.78, 5) is 28.9. The van der Waals surface area contributed by atoms with Gasteiger partial charge in [-0.05, 0) is 59.9 Å². The maximum atomic E-state index is 13.4. The number of benzene rings is 3. The van der Waals surface area contributed by atoms with Gasteiger partial charge in [0.15, 0.2) is 0 Å². The topological polar surface area (TPSA) is 65.2 Å². The van der Waals surface area contributed by atoms with Gasteiger partial charge in [0, 0.05) is 28.4 Å². The summed E-state index contributed by atoms with van der Waals surface area (Å²) < 4.78 is 39.3. The number of aromatic amines is 1. The van der Waals surface area contributed by atoms with Crippen LogP contribution in [0.4, 0.5) is 13.2 Å². The number of pyridine rings is 1. The van der Waals surface area contributed by atoms with Gasteiger partial charge in [-0.15, -0.1) is 0 Å². The normalized spacial score (nSPS) is 17.9. The first-order valence-electron chi connectivity index (χ1n) is 11.7. The lowest BCUT2D eigenvalue weighted by Gasteiger charge is -2.23. The van der Waals surface area contributed by atoms with Crippen LogP contribution in [-0.2, 0) is 17.4 Å². The van der Waals surface area contributed by atoms with Crippen molar-refractivity contribution in [3.8, 4) is 0 Å². The molecule has 1 aliphatic heterocycles. The zero-order valence-electron chi connectivity index (χ0n) is 19.8. The second-order valence-corrected chi connectivity index (χ2v) is 9.58. The molecule has 1 saturated heterocycles. The van der Waals surface area contributed by atoms with Gasteiger partial charge in [-0.25, -0.2) is 5.43 Å². The highest BCUT2D eigenvalue weighted by Gasteiger charge is 2.38. The first-order valence-corrected chi connectivity index (χ1v) is 12.1. The molecule has 9 heteroatoms. The number of amides is 1. The SMILES string of the molecule is CC(=O)N1NC(c2c(Cc3ccccc3)c3cc(Cl)ccc3[nH]c2=O)CC1c1ccc(C(F)(F)F)cc1. The van der Waals surface area contributed by atoms with Crippen molar-refractivity contribution in [1.29, 1.82) is 0 Å². The van der Waals surface area contributed by atoms with Crippen molar-refractivity contribution in [2.24, 2.45) is 0 Å². The fourth-order valence-electron chi connectivity index (χ4n) is 5.02. The average molecular weight is 526 g/mol. The van der Waals surface area contributed by atoms with E-state index in [4.69, 9.17) is 11.6 Å². The van der Waals surface area contributed by atoms with E-state index in [9.17, 15) is 22.8 Å². The number of halogens is 4. The standard InChI is InChI=1S/C28H23ClF3N3O2/c1-16(36)35-25(18-7-9-19(10-8-18)28(30,31)32)15-24(34-35)26-22(13-17-5-3-2-4-6-17)21-14-20(29)11-12-23(21)33-27(26)37/h2-12,14,24-25,34H,13,15H2,1H3,(H,33,37). The number of alkyl halides is 3. The summed E-state index contributed by atoms with van der Waals surface area (Å²) in [7, 11) is 0. The van der Waals surface area contributed by atoms with E-state index in [0.717, 1.165) is 28.6 Å². The zero-order chi connectivity index (χ0) is 26.3. The molecule has 2 atom stereocenters. The molecule has 5 rings (SSSR count). The highest BCUT2D eigenvalue weighted by Crippen LogP contribution is 2.40. The molecule has 190 valence electrons. The molecular weight excluding hydrogens is 503 g/mol. The number of hydrogen-bond acceptors (Lipinski definition) is 3. The minimum absolute atomic E-state index is 0.296. The number of hydrogen-bond donors (Lipinski definition) is 2. The van der Waals surface area contributed by atoms with Crippen molar-refractivity contribution in [2.75, 3.05) is 0 Å². The van der Waals surface area contributed by atoms with Crippen LogP contribution in [-0.4, -0.2) is 15.9 Å². The second-order valence-electron chi connectivity index (χ2n) is 9.14. The van der Waals surface area contributed by atoms with Gasteiger partial charge in [0.25, 0.3) is 5.56 Å². The van der Waals surface area contributed by atoms with Crippen molar-refractivity contribution in [2.45, 2.75) is 38.0 Å². The Morgan fingerprint density at radius 1 is 1.05 bits per heavy atom. The highest BCUT2D eigenvalue weighted by molar-refractivity contribution is 6.31. The molecular formula is C28H23ClF3N3O2. The second kappa shape index (κ2) is 9.68. The van der Waals surface area contributed by atoms with Gasteiger partial charge < -0.3 is 4.98 Å². The Morgan fingerprint density at radius 2 is 1.76 bits per heavy atom. The van der Waals surface area contributed by atoms with Gasteiger partial charge in [-0.2, -0.15) is 13.2 Å². The molecule has 5 nitrogen and oxygen atoms in total. The Hall–Kier alpha value is -3.62. The molecule has 3 aromatic carbocycles. The number of H-pyrrole nitrogens is 1. The Kier molecular flexibility index (Phi) is 6.56. The summed E-state index contributed by atoms with van der Waals surface area (Å²) in [6.07, 6.45) is -3.69. The number of carbonyl (C=O) groups is 1. The molecule has 0 bridgehead atoms. The number of nitrogens with one attached hydrogen (secondary N) is 2. The molecule has 1 aliphatic rings. The number of carbonyl (C=O) groups excluding carboxylic acids is 1. The van der Waals surface area contributed by atoms with E-state index >= 15 is 0 Å². The Bertz CT molecular complexity index is 1520. The molecule has 4 aromatic rings. The van der Waals surface area contributed by atoms with Gasteiger partial charge >= 0.3 is 6.18 Å². The maximum absolute atomic E-state index is 13.4. The van der Waals surface area contributed by atoms with Crippen LogP contribution in [0.2, 0.25) is 5.02 Å². The molecule has 1 amide bonds. The summed E-state index contributed by atoms with van der Waals surface area (Å²) >= 11 is 6.32. The van der Waals surface area contributed by atoms with E-state index in [1.165, 1.54) is 24.1 Å². The lowest BCUT2D eigenvalue weighted by molar-refractivity contribution is -0.137. The third-order valence-corrected chi connectivity index (χ3v) is 6.96. The van der Waals surface area contributed by atoms with E-state index in [1.54, 1.807) is 18.2 Å². The molecule has 0 spiro atoms. The molecule has 0 saturated carbocycles. The molecule has 0 radical (unpaired) electrons. The van der Waals surface area contributed by atoms with Gasteiger partial charge in [0.1, 0.15) is 0 Å². The van der Waals surface area contributed by atoms with Crippen LogP contribution in [0.15, 0.2) is 77.6 Å². The van der Waals surface area contributed by atoms with Crippen LogP contribution in [0.5, 0.6) is 0 Å². The number of hydrazine groups is 1. The van der Waals surface area contributed by atoms with Crippen LogP contribution in [0.3, 0.4) is 0 Å². The molecule has 2 N–H and O–H groups in total. The first-order chi connectivity index (χ1) is 17.6. The molecule has 1 aromatic heterocycles. The summed E-state index contributed by atoms with van der Waals surface area (Å²) in [5.74, 6) is -0.308. The fourth-order valence-corrected chi connectivity index (χ4v) is 5.19. The van der Waals surface area contributed by atoms with Gasteiger partial charge in [0.2, 0.25) is 5.91 Å². The van der Waals surface area contributed by atoms with Gasteiger partial charge in [-0.1, -0.05) is 54.1 Å². The summed E-state index contributed by atoms with van der Waals surface area (Å²) in [6.45, 7) is 1.38. The van der Waals surface area contributed by atoms with Crippen LogP contribution < -0.4 is 11.0 Å². The Labute approximate surface area is 215 Å². The monoisotopic (exact) mass is 525 g/mol. The van der Waals surface area contributed by atoms with Gasteiger partial charge in [0.05, 0.1) is 17.6 Å². The van der Waals surface area contributed by atoms with E-state index in [-0.39, 0.29) is 11.5 Å². The van der Waals surface area contributed by atoms with E-state index in [2.05, 4.69) is 10.4 Å². The maximum Gasteiger partial charge on any atom is 0.416 e. The average Bonchev–Trinajstić information content (AvgIpc) is 3.30. The van der Waals surface area contributed by atoms with Crippen molar-refractivity contribution < 1.29 is 18.0 Å². The molecule has 2 heterocycles. The fraction of sp³-hybridized carbons (Fsp3) is 0.214. The van der Waals surface area contributed by atoms with Crippen LogP contribution in [0.1, 0.15) is 53.2 Å². The Morgan fingerprint density at radius 3 is 2.41 bits per heavy atom. The highest BCUT2D eigenvalue weighted by atomic mass is 35.5. The van der Waals surface area contributed by atoms with Crippen LogP contribution >= 0.6 is 11.6 Å². The molecule has 0 aliphatic carbocycles. The quantitative estimate of drug-likeness (QED) is 0.327. The number of fused-ring (bicyclic) bond motifs is 1. The summed E-state index contributed by atoms with van der Waals surface area (Å²) in [6, 6.07) is 18.6. The number of rotatable bonds is 4. The number of nitrogens with zero attached hydrogens (tertiary/aromatic N) is 1. The number of aromatic nitrogens is 1. The summed E-state index contributed by atoms with van der Waals surface area (Å²) in [5.41, 5.74) is 5.53. The third-order valence-electron chi connectivity index (χ3n) is 6.72. The van der Waals surface area contributed by atoms with Crippen LogP contribution in [0, 0.1) is 0 Å². The van der Waals surface area contributed by atoms with E-state index in [0.29, 0.717) is 34.5 Å². The largest absolute Gasteiger partial charge is 0.416 e. The van der Waals surface area contributed by atoms with Crippen molar-refractivity contribution in [3.63, 3.8) is 0 Å². The smallest absolute Gasteiger partial charge is 0.322 e. The molecule has 2 unspecified atom stereocenters. The van der Waals surface area contributed by atoms with E-state index < -0.39 is 23.8 Å². The Balaban J connectivity index is 1.60. The molecule has 37 heavy (non-hydrogen) atoms. The summed E-state index contributed by atoms with van der Waals surface area (Å²) in [5, 5.41) is 2.70. The van der Waals surface area contributed by atoms with Crippen molar-refractivity contribution in [1.82, 2.24) is 15.4 Å². The van der Waals surface area contributed by atoms with Crippen molar-refractivity contribution in [3.05, 3.63) is 116 Å². The molecule has 1 fully saturated rings. The lowest BCUT2D eigenvalue weighted by Crippen LogP contribution is -2.39. The van der Waals surface area contributed by atoms with E-state index in [1.807, 2.05) is 30.3 Å². The lowest BCUT2D eigenvalue weighted by atomic mass is 9.90. The van der Waals surface area contributed by atoms with Crippen LogP contribution in [0.25, 0.3) is 10.9 Å². The zero-order valence-corrected chi connectivity index (χ0v) is 20.5.